The van der Waals surface area contributed by atoms with Crippen molar-refractivity contribution in [2.75, 3.05) is 13.7 Å². The van der Waals surface area contributed by atoms with Crippen LogP contribution in [0.3, 0.4) is 0 Å². The van der Waals surface area contributed by atoms with E-state index >= 15 is 0 Å². The van der Waals surface area contributed by atoms with Crippen LogP contribution in [0.5, 0.6) is 5.75 Å². The minimum atomic E-state index is -0.263. The van der Waals surface area contributed by atoms with Crippen LogP contribution in [0.2, 0.25) is 0 Å². The molecular weight excluding hydrogens is 288 g/mol. The first kappa shape index (κ1) is 15.7. The summed E-state index contributed by atoms with van der Waals surface area (Å²) in [6.45, 7) is 2.15. The molecule has 3 unspecified atom stereocenters. The molecule has 3 rings (SSSR count). The van der Waals surface area contributed by atoms with Gasteiger partial charge in [-0.05, 0) is 31.7 Å². The van der Waals surface area contributed by atoms with Crippen LogP contribution in [-0.4, -0.2) is 36.5 Å². The van der Waals surface area contributed by atoms with Gasteiger partial charge in [-0.25, -0.2) is 0 Å². The number of nitrogens with one attached hydrogen (secondary N) is 1. The Balaban J connectivity index is 1.73. The van der Waals surface area contributed by atoms with Crippen molar-refractivity contribution < 1.29 is 9.53 Å². The van der Waals surface area contributed by atoms with Gasteiger partial charge in [0.05, 0.1) is 18.2 Å². The zero-order valence-electron chi connectivity index (χ0n) is 13.5. The lowest BCUT2D eigenvalue weighted by molar-refractivity contribution is -0.123. The summed E-state index contributed by atoms with van der Waals surface area (Å²) in [6.07, 6.45) is 0.144. The molecular formula is C19H22N2O2. The van der Waals surface area contributed by atoms with Crippen molar-refractivity contribution in [2.24, 2.45) is 0 Å². The smallest absolute Gasteiger partial charge is 0.188 e. The fourth-order valence-corrected chi connectivity index (χ4v) is 3.05. The van der Waals surface area contributed by atoms with E-state index in [1.807, 2.05) is 55.6 Å². The van der Waals surface area contributed by atoms with E-state index in [0.717, 1.165) is 11.3 Å². The summed E-state index contributed by atoms with van der Waals surface area (Å²) < 4.78 is 5.63. The molecule has 1 saturated heterocycles. The number of nitrogens with zero attached hydrogens (tertiary/aromatic N) is 1. The van der Waals surface area contributed by atoms with Gasteiger partial charge in [-0.3, -0.25) is 15.0 Å². The number of Topliss-reactive ketones (excluding diaryl/α,β-unsaturated/α-hetero) is 1. The van der Waals surface area contributed by atoms with Gasteiger partial charge in [0.25, 0.3) is 0 Å². The van der Waals surface area contributed by atoms with Crippen molar-refractivity contribution in [1.29, 1.82) is 0 Å². The van der Waals surface area contributed by atoms with E-state index < -0.39 is 0 Å². The van der Waals surface area contributed by atoms with Gasteiger partial charge >= 0.3 is 0 Å². The maximum atomic E-state index is 12.7. The first-order valence-electron chi connectivity index (χ1n) is 7.90. The first-order chi connectivity index (χ1) is 11.2. The van der Waals surface area contributed by atoms with Gasteiger partial charge in [-0.15, -0.1) is 0 Å². The predicted octanol–water partition coefficient (Wildman–Crippen LogP) is 2.63. The Morgan fingerprint density at radius 1 is 1.09 bits per heavy atom. The third-order valence-corrected chi connectivity index (χ3v) is 4.40. The highest BCUT2D eigenvalue weighted by Gasteiger charge is 2.41. The highest BCUT2D eigenvalue weighted by atomic mass is 16.5. The molecule has 1 fully saturated rings. The summed E-state index contributed by atoms with van der Waals surface area (Å²) in [6, 6.07) is 19.4. The molecule has 1 N–H and O–H groups in total. The van der Waals surface area contributed by atoms with Crippen LogP contribution < -0.4 is 10.1 Å². The second kappa shape index (κ2) is 6.94. The van der Waals surface area contributed by atoms with Crippen LogP contribution in [0.1, 0.15) is 18.5 Å². The Hall–Kier alpha value is -2.17. The van der Waals surface area contributed by atoms with Crippen LogP contribution in [-0.2, 0) is 4.79 Å². The first-order valence-corrected chi connectivity index (χ1v) is 7.90. The molecule has 3 atom stereocenters. The molecule has 23 heavy (non-hydrogen) atoms. The Morgan fingerprint density at radius 2 is 1.70 bits per heavy atom. The zero-order valence-corrected chi connectivity index (χ0v) is 13.5. The number of hydrogen-bond donors (Lipinski definition) is 1. The average molecular weight is 310 g/mol. The van der Waals surface area contributed by atoms with Crippen molar-refractivity contribution in [3.8, 4) is 5.75 Å². The molecule has 0 aromatic heterocycles. The number of carbonyl (C=O) groups is 1. The number of benzene rings is 2. The molecule has 0 saturated carbocycles. The molecule has 1 heterocycles. The number of likely N-dealkylation sites (N-methyl/N-ethyl adjacent to an activating group) is 1. The molecule has 0 bridgehead atoms. The number of para-hydroxylation sites is 1. The minimum absolute atomic E-state index is 0.0260. The van der Waals surface area contributed by atoms with Gasteiger partial charge < -0.3 is 4.74 Å². The van der Waals surface area contributed by atoms with E-state index in [1.165, 1.54) is 0 Å². The SMILES string of the molecule is CC1NC(C(=O)COc2ccccc2)C(c2ccccc2)N1C. The molecule has 0 amide bonds. The maximum Gasteiger partial charge on any atom is 0.188 e. The van der Waals surface area contributed by atoms with Crippen LogP contribution in [0.25, 0.3) is 0 Å². The van der Waals surface area contributed by atoms with E-state index in [9.17, 15) is 4.79 Å². The third-order valence-electron chi connectivity index (χ3n) is 4.40. The van der Waals surface area contributed by atoms with Crippen molar-refractivity contribution in [1.82, 2.24) is 10.2 Å². The lowest BCUT2D eigenvalue weighted by Crippen LogP contribution is -2.39. The summed E-state index contributed by atoms with van der Waals surface area (Å²) >= 11 is 0. The third kappa shape index (κ3) is 3.44. The van der Waals surface area contributed by atoms with E-state index in [2.05, 4.69) is 29.3 Å². The van der Waals surface area contributed by atoms with E-state index in [0.29, 0.717) is 0 Å². The Kier molecular flexibility index (Phi) is 4.74. The van der Waals surface area contributed by atoms with E-state index in [1.54, 1.807) is 0 Å². The van der Waals surface area contributed by atoms with Crippen molar-refractivity contribution in [3.63, 3.8) is 0 Å². The number of hydrogen-bond acceptors (Lipinski definition) is 4. The van der Waals surface area contributed by atoms with Gasteiger partial charge in [0.1, 0.15) is 12.4 Å². The largest absolute Gasteiger partial charge is 0.486 e. The quantitative estimate of drug-likeness (QED) is 0.922. The molecule has 0 radical (unpaired) electrons. The maximum absolute atomic E-state index is 12.7. The van der Waals surface area contributed by atoms with Crippen molar-refractivity contribution in [2.45, 2.75) is 25.2 Å². The average Bonchev–Trinajstić information content (AvgIpc) is 2.90. The molecule has 4 heteroatoms. The molecule has 1 aliphatic rings. The lowest BCUT2D eigenvalue weighted by atomic mass is 9.97. The second-order valence-corrected chi connectivity index (χ2v) is 5.91. The number of rotatable bonds is 5. The monoisotopic (exact) mass is 310 g/mol. The normalized spacial score (nSPS) is 24.5. The second-order valence-electron chi connectivity index (χ2n) is 5.91. The highest BCUT2D eigenvalue weighted by Crippen LogP contribution is 2.30. The zero-order chi connectivity index (χ0) is 16.2. The summed E-state index contributed by atoms with van der Waals surface area (Å²) in [7, 11) is 2.04. The fourth-order valence-electron chi connectivity index (χ4n) is 3.05. The van der Waals surface area contributed by atoms with E-state index in [-0.39, 0.29) is 30.6 Å². The summed E-state index contributed by atoms with van der Waals surface area (Å²) in [5.74, 6) is 0.787. The van der Waals surface area contributed by atoms with Crippen LogP contribution in [0, 0.1) is 0 Å². The standard InChI is InChI=1S/C19H22N2O2/c1-14-20-18(17(22)13-23-16-11-7-4-8-12-16)19(21(14)2)15-9-5-3-6-10-15/h3-12,14,18-20H,13H2,1-2H3. The molecule has 2 aromatic rings. The summed E-state index contributed by atoms with van der Waals surface area (Å²) in [5.41, 5.74) is 1.14. The van der Waals surface area contributed by atoms with Gasteiger partial charge in [0, 0.05) is 0 Å². The molecule has 0 spiro atoms. The summed E-state index contributed by atoms with van der Waals surface area (Å²) in [5, 5.41) is 3.38. The summed E-state index contributed by atoms with van der Waals surface area (Å²) in [4.78, 5) is 14.9. The molecule has 0 aliphatic carbocycles. The lowest BCUT2D eigenvalue weighted by Gasteiger charge is -2.25. The van der Waals surface area contributed by atoms with Crippen LogP contribution in [0.4, 0.5) is 0 Å². The molecule has 120 valence electrons. The number of carbonyl (C=O) groups excluding carboxylic acids is 1. The predicted molar refractivity (Wildman–Crippen MR) is 90.3 cm³/mol. The van der Waals surface area contributed by atoms with Gasteiger partial charge in [0.15, 0.2) is 5.78 Å². The molecule has 1 aliphatic heterocycles. The Bertz CT molecular complexity index is 645. The number of ketones is 1. The van der Waals surface area contributed by atoms with Crippen LogP contribution >= 0.6 is 0 Å². The topological polar surface area (TPSA) is 41.6 Å². The van der Waals surface area contributed by atoms with Crippen molar-refractivity contribution in [3.05, 3.63) is 66.2 Å². The minimum Gasteiger partial charge on any atom is -0.486 e. The Morgan fingerprint density at radius 3 is 2.35 bits per heavy atom. The highest BCUT2D eigenvalue weighted by molar-refractivity contribution is 5.87. The van der Waals surface area contributed by atoms with Gasteiger partial charge in [-0.2, -0.15) is 0 Å². The molecule has 4 nitrogen and oxygen atoms in total. The van der Waals surface area contributed by atoms with Gasteiger partial charge in [-0.1, -0.05) is 48.5 Å². The van der Waals surface area contributed by atoms with E-state index in [4.69, 9.17) is 4.74 Å². The fraction of sp³-hybridized carbons (Fsp3) is 0.316. The van der Waals surface area contributed by atoms with Crippen LogP contribution in [0.15, 0.2) is 60.7 Å². The van der Waals surface area contributed by atoms with Gasteiger partial charge in [0.2, 0.25) is 0 Å². The van der Waals surface area contributed by atoms with Crippen molar-refractivity contribution >= 4 is 5.78 Å². The number of ether oxygens (including phenoxy) is 1. The Labute approximate surface area is 137 Å². The molecule has 2 aromatic carbocycles.